The minimum Gasteiger partial charge on any atom is -0.350 e. The van der Waals surface area contributed by atoms with Crippen molar-refractivity contribution in [2.24, 2.45) is 0 Å². The van der Waals surface area contributed by atoms with Crippen LogP contribution >= 0.6 is 0 Å². The summed E-state index contributed by atoms with van der Waals surface area (Å²) in [6.07, 6.45) is 0. The van der Waals surface area contributed by atoms with Gasteiger partial charge >= 0.3 is 0 Å². The summed E-state index contributed by atoms with van der Waals surface area (Å²) in [4.78, 5) is 47.3. The summed E-state index contributed by atoms with van der Waals surface area (Å²) in [5, 5.41) is 27.8. The lowest BCUT2D eigenvalue weighted by Crippen LogP contribution is -2.29. The Balaban J connectivity index is 1.86. The SMILES string of the molecule is O=C1C(Nc2cccc(F)c2)=C(Nc2ccc([N+](=O)[O-])cc2[N+](=O)[O-])C(=O)c2ccccc21. The number of carbonyl (C=O) groups is 2. The van der Waals surface area contributed by atoms with E-state index in [9.17, 15) is 34.2 Å². The Kier molecular flexibility index (Phi) is 5.36. The fourth-order valence-corrected chi connectivity index (χ4v) is 3.35. The van der Waals surface area contributed by atoms with Gasteiger partial charge in [-0.3, -0.25) is 29.8 Å². The fourth-order valence-electron chi connectivity index (χ4n) is 3.35. The lowest BCUT2D eigenvalue weighted by atomic mass is 9.90. The first-order valence-electron chi connectivity index (χ1n) is 9.41. The average molecular weight is 448 g/mol. The number of nitrogens with zero attached hydrogens (tertiary/aromatic N) is 2. The van der Waals surface area contributed by atoms with E-state index in [0.717, 1.165) is 24.3 Å². The molecule has 0 spiro atoms. The zero-order valence-electron chi connectivity index (χ0n) is 16.6. The molecule has 0 amide bonds. The van der Waals surface area contributed by atoms with Crippen LogP contribution in [0, 0.1) is 26.0 Å². The van der Waals surface area contributed by atoms with Crippen molar-refractivity contribution in [1.82, 2.24) is 0 Å². The van der Waals surface area contributed by atoms with Gasteiger partial charge in [-0.2, -0.15) is 0 Å². The van der Waals surface area contributed by atoms with Gasteiger partial charge in [0.05, 0.1) is 15.9 Å². The van der Waals surface area contributed by atoms with E-state index in [1.165, 1.54) is 30.3 Å². The minimum atomic E-state index is -0.849. The number of ketones is 2. The second kappa shape index (κ2) is 8.30. The highest BCUT2D eigenvalue weighted by atomic mass is 19.1. The van der Waals surface area contributed by atoms with Gasteiger partial charge in [0.25, 0.3) is 11.4 Å². The van der Waals surface area contributed by atoms with Gasteiger partial charge in [0.15, 0.2) is 0 Å². The van der Waals surface area contributed by atoms with Gasteiger partial charge in [0.2, 0.25) is 11.6 Å². The van der Waals surface area contributed by atoms with E-state index in [0.29, 0.717) is 0 Å². The molecule has 11 heteroatoms. The predicted molar refractivity (Wildman–Crippen MR) is 116 cm³/mol. The molecule has 0 unspecified atom stereocenters. The Bertz CT molecular complexity index is 1380. The van der Waals surface area contributed by atoms with Crippen LogP contribution in [-0.4, -0.2) is 21.4 Å². The van der Waals surface area contributed by atoms with Gasteiger partial charge in [-0.05, 0) is 24.3 Å². The fraction of sp³-hybridized carbons (Fsp3) is 0. The zero-order valence-corrected chi connectivity index (χ0v) is 16.6. The molecule has 3 aromatic carbocycles. The molecule has 3 aromatic rings. The maximum absolute atomic E-state index is 13.7. The van der Waals surface area contributed by atoms with Crippen molar-refractivity contribution in [1.29, 1.82) is 0 Å². The van der Waals surface area contributed by atoms with E-state index < -0.39 is 38.6 Å². The molecule has 164 valence electrons. The molecule has 0 aromatic heterocycles. The number of non-ortho nitro benzene ring substituents is 1. The number of fused-ring (bicyclic) bond motifs is 1. The number of hydrogen-bond acceptors (Lipinski definition) is 8. The summed E-state index contributed by atoms with van der Waals surface area (Å²) < 4.78 is 13.7. The van der Waals surface area contributed by atoms with Crippen molar-refractivity contribution in [2.45, 2.75) is 0 Å². The number of carbonyl (C=O) groups excluding carboxylic acids is 2. The molecule has 1 aliphatic carbocycles. The molecular weight excluding hydrogens is 435 g/mol. The first kappa shape index (κ1) is 21.3. The molecule has 0 saturated carbocycles. The molecule has 33 heavy (non-hydrogen) atoms. The molecule has 0 saturated heterocycles. The third-order valence-corrected chi connectivity index (χ3v) is 4.86. The molecule has 0 atom stereocenters. The lowest BCUT2D eigenvalue weighted by Gasteiger charge is -2.23. The Morgan fingerprint density at radius 3 is 1.94 bits per heavy atom. The third kappa shape index (κ3) is 4.02. The standard InChI is InChI=1S/C22H13FN4O6/c23-12-4-3-5-13(10-12)24-19-20(22(29)16-7-2-1-6-15(16)21(19)28)25-17-9-8-14(26(30)31)11-18(17)27(32)33/h1-11,24-25H. The Morgan fingerprint density at radius 2 is 1.36 bits per heavy atom. The quantitative estimate of drug-likeness (QED) is 0.415. The number of nitro groups is 2. The molecule has 0 fully saturated rings. The van der Waals surface area contributed by atoms with Gasteiger partial charge < -0.3 is 10.6 Å². The van der Waals surface area contributed by atoms with Gasteiger partial charge in [-0.25, -0.2) is 4.39 Å². The van der Waals surface area contributed by atoms with Crippen LogP contribution in [0.5, 0.6) is 0 Å². The Labute approximate surface area is 184 Å². The van der Waals surface area contributed by atoms with Crippen LogP contribution in [0.1, 0.15) is 20.7 Å². The maximum atomic E-state index is 13.7. The highest BCUT2D eigenvalue weighted by Crippen LogP contribution is 2.33. The summed E-state index contributed by atoms with van der Waals surface area (Å²) in [6.45, 7) is 0. The topological polar surface area (TPSA) is 144 Å². The van der Waals surface area contributed by atoms with Crippen molar-refractivity contribution < 1.29 is 23.8 Å². The summed E-state index contributed by atoms with van der Waals surface area (Å²) >= 11 is 0. The molecule has 10 nitrogen and oxygen atoms in total. The van der Waals surface area contributed by atoms with E-state index in [1.807, 2.05) is 0 Å². The van der Waals surface area contributed by atoms with E-state index in [4.69, 9.17) is 0 Å². The molecule has 0 aliphatic heterocycles. The monoisotopic (exact) mass is 448 g/mol. The highest BCUT2D eigenvalue weighted by Gasteiger charge is 2.34. The number of benzene rings is 3. The van der Waals surface area contributed by atoms with Crippen LogP contribution in [-0.2, 0) is 0 Å². The minimum absolute atomic E-state index is 0.0688. The molecule has 0 heterocycles. The molecule has 1 aliphatic rings. The molecule has 4 rings (SSSR count). The molecule has 0 bridgehead atoms. The van der Waals surface area contributed by atoms with Gasteiger partial charge in [0, 0.05) is 22.9 Å². The lowest BCUT2D eigenvalue weighted by molar-refractivity contribution is -0.393. The summed E-state index contributed by atoms with van der Waals surface area (Å²) in [6, 6.07) is 14.0. The predicted octanol–water partition coefficient (Wildman–Crippen LogP) is 4.46. The van der Waals surface area contributed by atoms with Crippen LogP contribution in [0.2, 0.25) is 0 Å². The Hall–Kier alpha value is -4.93. The molecule has 0 radical (unpaired) electrons. The normalized spacial score (nSPS) is 12.9. The largest absolute Gasteiger partial charge is 0.350 e. The van der Waals surface area contributed by atoms with Crippen molar-refractivity contribution in [2.75, 3.05) is 10.6 Å². The second-order valence-corrected chi connectivity index (χ2v) is 6.93. The van der Waals surface area contributed by atoms with Crippen LogP contribution in [0.15, 0.2) is 78.1 Å². The molecular formula is C22H13FN4O6. The van der Waals surface area contributed by atoms with Crippen molar-refractivity contribution >= 4 is 34.3 Å². The van der Waals surface area contributed by atoms with Crippen LogP contribution in [0.3, 0.4) is 0 Å². The van der Waals surface area contributed by atoms with E-state index >= 15 is 0 Å². The number of hydrogen-bond donors (Lipinski definition) is 2. The first-order chi connectivity index (χ1) is 15.8. The van der Waals surface area contributed by atoms with Crippen molar-refractivity contribution in [3.63, 3.8) is 0 Å². The number of rotatable bonds is 6. The maximum Gasteiger partial charge on any atom is 0.299 e. The number of Topliss-reactive ketones (excluding diaryl/α,β-unsaturated/α-hetero) is 2. The number of nitrogens with one attached hydrogen (secondary N) is 2. The van der Waals surface area contributed by atoms with E-state index in [2.05, 4.69) is 10.6 Å². The van der Waals surface area contributed by atoms with Crippen molar-refractivity contribution in [3.05, 3.63) is 115 Å². The number of anilines is 2. The summed E-state index contributed by atoms with van der Waals surface area (Å²) in [7, 11) is 0. The number of allylic oxidation sites excluding steroid dienone is 2. The van der Waals surface area contributed by atoms with Crippen LogP contribution in [0.4, 0.5) is 27.1 Å². The first-order valence-corrected chi connectivity index (χ1v) is 9.41. The molecule has 2 N–H and O–H groups in total. The van der Waals surface area contributed by atoms with Crippen LogP contribution in [0.25, 0.3) is 0 Å². The van der Waals surface area contributed by atoms with Gasteiger partial charge in [0.1, 0.15) is 22.9 Å². The van der Waals surface area contributed by atoms with Gasteiger partial charge in [-0.15, -0.1) is 0 Å². The highest BCUT2D eigenvalue weighted by molar-refractivity contribution is 6.28. The summed E-state index contributed by atoms with van der Waals surface area (Å²) in [5.74, 6) is -1.82. The number of nitro benzene ring substituents is 2. The summed E-state index contributed by atoms with van der Waals surface area (Å²) in [5.41, 5.74) is -1.65. The smallest absolute Gasteiger partial charge is 0.299 e. The van der Waals surface area contributed by atoms with Gasteiger partial charge in [-0.1, -0.05) is 30.3 Å². The van der Waals surface area contributed by atoms with Crippen molar-refractivity contribution in [3.8, 4) is 0 Å². The van der Waals surface area contributed by atoms with E-state index in [1.54, 1.807) is 12.1 Å². The Morgan fingerprint density at radius 1 is 0.727 bits per heavy atom. The van der Waals surface area contributed by atoms with Crippen LogP contribution < -0.4 is 10.6 Å². The average Bonchev–Trinajstić information content (AvgIpc) is 2.79. The van der Waals surface area contributed by atoms with E-state index in [-0.39, 0.29) is 33.9 Å². The second-order valence-electron chi connectivity index (χ2n) is 6.93. The number of halogens is 1. The zero-order chi connectivity index (χ0) is 23.7. The third-order valence-electron chi connectivity index (χ3n) is 4.86.